The summed E-state index contributed by atoms with van der Waals surface area (Å²) in [4.78, 5) is 21.2. The molecule has 0 aliphatic carbocycles. The van der Waals surface area contributed by atoms with Gasteiger partial charge in [0.25, 0.3) is 0 Å². The van der Waals surface area contributed by atoms with Gasteiger partial charge in [-0.15, -0.1) is 0 Å². The average Bonchev–Trinajstić information content (AvgIpc) is 2.30. The molecule has 0 aliphatic heterocycles. The lowest BCUT2D eigenvalue weighted by atomic mass is 9.85. The van der Waals surface area contributed by atoms with Crippen LogP contribution in [-0.2, 0) is 4.79 Å². The number of carbonyl (C=O) groups excluding carboxylic acids is 1. The van der Waals surface area contributed by atoms with E-state index in [0.29, 0.717) is 6.42 Å². The van der Waals surface area contributed by atoms with E-state index in [1.165, 1.54) is 0 Å². The van der Waals surface area contributed by atoms with E-state index < -0.39 is 0 Å². The number of nitro groups is 1. The van der Waals surface area contributed by atoms with Gasteiger partial charge in [0.1, 0.15) is 6.29 Å². The van der Waals surface area contributed by atoms with E-state index >= 15 is 0 Å². The Labute approximate surface area is 94.4 Å². The summed E-state index contributed by atoms with van der Waals surface area (Å²) in [6.45, 7) is 1.68. The first-order valence-electron chi connectivity index (χ1n) is 5.31. The van der Waals surface area contributed by atoms with E-state index in [1.807, 2.05) is 37.3 Å². The summed E-state index contributed by atoms with van der Waals surface area (Å²) in [5.41, 5.74) is 0.859. The summed E-state index contributed by atoms with van der Waals surface area (Å²) in [6.07, 6.45) is 1.44. The van der Waals surface area contributed by atoms with E-state index in [0.717, 1.165) is 11.8 Å². The zero-order valence-electron chi connectivity index (χ0n) is 9.20. The second-order valence-electron chi connectivity index (χ2n) is 3.74. The van der Waals surface area contributed by atoms with Gasteiger partial charge in [0.15, 0.2) is 0 Å². The maximum atomic E-state index is 10.9. The molecule has 2 atom stereocenters. The number of rotatable bonds is 6. The number of benzene rings is 1. The van der Waals surface area contributed by atoms with Crippen LogP contribution in [0, 0.1) is 16.0 Å². The fraction of sp³-hybridized carbons (Fsp3) is 0.417. The third-order valence-electron chi connectivity index (χ3n) is 2.74. The van der Waals surface area contributed by atoms with Crippen LogP contribution in [0.5, 0.6) is 0 Å². The standard InChI is InChI=1S/C12H15NO3/c1-2-10(9-14)12(8-13(15)16)11-6-4-3-5-7-11/h3-7,9-10,12H,2,8H2,1H3/t10-,12-/m0/s1. The Kier molecular flexibility index (Phi) is 4.64. The highest BCUT2D eigenvalue weighted by molar-refractivity contribution is 5.55. The lowest BCUT2D eigenvalue weighted by molar-refractivity contribution is -0.484. The Hall–Kier alpha value is -1.71. The molecule has 1 aromatic rings. The van der Waals surface area contributed by atoms with E-state index in [-0.39, 0.29) is 23.3 Å². The minimum absolute atomic E-state index is 0.193. The van der Waals surface area contributed by atoms with Gasteiger partial charge < -0.3 is 4.79 Å². The van der Waals surface area contributed by atoms with Crippen LogP contribution >= 0.6 is 0 Å². The number of hydrogen-bond acceptors (Lipinski definition) is 3. The molecule has 16 heavy (non-hydrogen) atoms. The Morgan fingerprint density at radius 3 is 2.44 bits per heavy atom. The first kappa shape index (κ1) is 12.4. The minimum Gasteiger partial charge on any atom is -0.303 e. The molecule has 0 aliphatic rings. The molecule has 4 nitrogen and oxygen atoms in total. The monoisotopic (exact) mass is 221 g/mol. The van der Waals surface area contributed by atoms with Gasteiger partial charge in [0.05, 0.1) is 5.92 Å². The summed E-state index contributed by atoms with van der Waals surface area (Å²) in [6, 6.07) is 9.19. The van der Waals surface area contributed by atoms with Crippen molar-refractivity contribution in [3.63, 3.8) is 0 Å². The third kappa shape index (κ3) is 3.15. The van der Waals surface area contributed by atoms with Crippen LogP contribution in [0.2, 0.25) is 0 Å². The van der Waals surface area contributed by atoms with Crippen molar-refractivity contribution in [2.45, 2.75) is 19.3 Å². The molecular formula is C12H15NO3. The van der Waals surface area contributed by atoms with E-state index in [4.69, 9.17) is 0 Å². The zero-order chi connectivity index (χ0) is 12.0. The van der Waals surface area contributed by atoms with Crippen LogP contribution in [0.1, 0.15) is 24.8 Å². The normalized spacial score (nSPS) is 14.1. The average molecular weight is 221 g/mol. The second-order valence-corrected chi connectivity index (χ2v) is 3.74. The molecule has 1 aromatic carbocycles. The number of aldehydes is 1. The van der Waals surface area contributed by atoms with Crippen molar-refractivity contribution in [3.8, 4) is 0 Å². The van der Waals surface area contributed by atoms with Crippen LogP contribution in [0.15, 0.2) is 30.3 Å². The van der Waals surface area contributed by atoms with Gasteiger partial charge in [0, 0.05) is 10.8 Å². The van der Waals surface area contributed by atoms with Crippen molar-refractivity contribution in [1.82, 2.24) is 0 Å². The van der Waals surface area contributed by atoms with E-state index in [2.05, 4.69) is 0 Å². The number of carbonyl (C=O) groups is 1. The van der Waals surface area contributed by atoms with Crippen molar-refractivity contribution in [2.75, 3.05) is 6.54 Å². The molecule has 0 spiro atoms. The molecule has 0 saturated heterocycles. The van der Waals surface area contributed by atoms with Crippen LogP contribution in [0.25, 0.3) is 0 Å². The van der Waals surface area contributed by atoms with E-state index in [1.54, 1.807) is 0 Å². The molecule has 0 N–H and O–H groups in total. The van der Waals surface area contributed by atoms with Crippen LogP contribution < -0.4 is 0 Å². The number of nitrogens with zero attached hydrogens (tertiary/aromatic N) is 1. The Morgan fingerprint density at radius 1 is 1.38 bits per heavy atom. The van der Waals surface area contributed by atoms with Gasteiger partial charge in [-0.05, 0) is 12.0 Å². The molecule has 0 radical (unpaired) electrons. The van der Waals surface area contributed by atoms with Gasteiger partial charge in [-0.1, -0.05) is 37.3 Å². The minimum atomic E-state index is -0.357. The molecule has 4 heteroatoms. The molecule has 0 heterocycles. The first-order chi connectivity index (χ1) is 7.69. The first-order valence-corrected chi connectivity index (χ1v) is 5.31. The van der Waals surface area contributed by atoms with Crippen molar-refractivity contribution in [3.05, 3.63) is 46.0 Å². The summed E-state index contributed by atoms with van der Waals surface area (Å²) < 4.78 is 0. The molecule has 0 unspecified atom stereocenters. The Balaban J connectivity index is 2.95. The molecular weight excluding hydrogens is 206 g/mol. The van der Waals surface area contributed by atoms with E-state index in [9.17, 15) is 14.9 Å². The quantitative estimate of drug-likeness (QED) is 0.420. The lowest BCUT2D eigenvalue weighted by Crippen LogP contribution is -2.22. The largest absolute Gasteiger partial charge is 0.303 e. The molecule has 1 rings (SSSR count). The van der Waals surface area contributed by atoms with Crippen molar-refractivity contribution < 1.29 is 9.72 Å². The highest BCUT2D eigenvalue weighted by Gasteiger charge is 2.25. The predicted octanol–water partition coefficient (Wildman–Crippen LogP) is 2.27. The summed E-state index contributed by atoms with van der Waals surface area (Å²) in [5.74, 6) is -0.605. The number of hydrogen-bond donors (Lipinski definition) is 0. The highest BCUT2D eigenvalue weighted by Crippen LogP contribution is 2.25. The summed E-state index contributed by atoms with van der Waals surface area (Å²) >= 11 is 0. The van der Waals surface area contributed by atoms with Gasteiger partial charge in [-0.3, -0.25) is 10.1 Å². The second kappa shape index (κ2) is 6.00. The van der Waals surface area contributed by atoms with Crippen LogP contribution in [-0.4, -0.2) is 17.8 Å². The highest BCUT2D eigenvalue weighted by atomic mass is 16.6. The Bertz CT molecular complexity index is 351. The molecule has 0 saturated carbocycles. The van der Waals surface area contributed by atoms with Crippen molar-refractivity contribution in [2.24, 2.45) is 5.92 Å². The SMILES string of the molecule is CC[C@@H](C=O)[C@H](C[N+](=O)[O-])c1ccccc1. The maximum Gasteiger partial charge on any atom is 0.211 e. The molecule has 0 bridgehead atoms. The molecule has 0 amide bonds. The topological polar surface area (TPSA) is 60.2 Å². The zero-order valence-corrected chi connectivity index (χ0v) is 9.20. The van der Waals surface area contributed by atoms with Crippen molar-refractivity contribution in [1.29, 1.82) is 0 Å². The van der Waals surface area contributed by atoms with Gasteiger partial charge in [0.2, 0.25) is 6.54 Å². The lowest BCUT2D eigenvalue weighted by Gasteiger charge is -2.18. The van der Waals surface area contributed by atoms with Gasteiger partial charge >= 0.3 is 0 Å². The van der Waals surface area contributed by atoms with Crippen LogP contribution in [0.3, 0.4) is 0 Å². The van der Waals surface area contributed by atoms with Crippen molar-refractivity contribution >= 4 is 6.29 Å². The summed E-state index contributed by atoms with van der Waals surface area (Å²) in [7, 11) is 0. The Morgan fingerprint density at radius 2 is 2.00 bits per heavy atom. The van der Waals surface area contributed by atoms with Gasteiger partial charge in [-0.2, -0.15) is 0 Å². The van der Waals surface area contributed by atoms with Gasteiger partial charge in [-0.25, -0.2) is 0 Å². The molecule has 0 aromatic heterocycles. The third-order valence-corrected chi connectivity index (χ3v) is 2.74. The predicted molar refractivity (Wildman–Crippen MR) is 60.9 cm³/mol. The fourth-order valence-corrected chi connectivity index (χ4v) is 1.82. The fourth-order valence-electron chi connectivity index (χ4n) is 1.82. The molecule has 0 fully saturated rings. The summed E-state index contributed by atoms with van der Waals surface area (Å²) in [5, 5.41) is 10.6. The smallest absolute Gasteiger partial charge is 0.211 e. The van der Waals surface area contributed by atoms with Crippen LogP contribution in [0.4, 0.5) is 0 Å². The maximum absolute atomic E-state index is 10.9. The molecule has 86 valence electrons.